The summed E-state index contributed by atoms with van der Waals surface area (Å²) in [5.41, 5.74) is 0.693. The van der Waals surface area contributed by atoms with Crippen LogP contribution in [0.25, 0.3) is 0 Å². The molecular weight excluding hydrogens is 390 g/mol. The van der Waals surface area contributed by atoms with E-state index in [1.54, 1.807) is 11.8 Å². The van der Waals surface area contributed by atoms with Gasteiger partial charge in [-0.2, -0.15) is 0 Å². The molecule has 4 aliphatic carbocycles. The molecule has 2 amide bonds. The molecule has 6 atom stereocenters. The molecule has 140 valence electrons. The second kappa shape index (κ2) is 5.98. The van der Waals surface area contributed by atoms with E-state index in [0.29, 0.717) is 22.5 Å². The maximum absolute atomic E-state index is 13.2. The minimum Gasteiger partial charge on any atom is -0.274 e. The van der Waals surface area contributed by atoms with Crippen LogP contribution < -0.4 is 4.90 Å². The number of carbonyl (C=O) groups excluding carboxylic acids is 2. The van der Waals surface area contributed by atoms with Gasteiger partial charge in [0, 0.05) is 14.8 Å². The summed E-state index contributed by atoms with van der Waals surface area (Å²) >= 11 is 7.57. The van der Waals surface area contributed by atoms with Gasteiger partial charge < -0.3 is 0 Å². The first-order valence-electron chi connectivity index (χ1n) is 9.71. The maximum atomic E-state index is 13.2. The lowest BCUT2D eigenvalue weighted by atomic mass is 9.63. The standard InChI is InChI=1S/C23H18ClNO2S/c24-12-1-5-14(6-2-12)28-15-7-3-13(4-8-15)25-22(26)20-16-9-10-17(19-11-18(16)19)21(20)23(25)27/h1-10,16-21H,11H2/t16-,17-,18-,19+,20+,21+/m1/s1. The molecule has 2 aromatic carbocycles. The number of imide groups is 1. The lowest BCUT2D eigenvalue weighted by Gasteiger charge is -2.37. The molecule has 5 aliphatic rings. The number of allylic oxidation sites excluding steroid dienone is 2. The van der Waals surface area contributed by atoms with Crippen molar-refractivity contribution in [3.8, 4) is 0 Å². The van der Waals surface area contributed by atoms with Crippen LogP contribution in [-0.4, -0.2) is 11.8 Å². The molecule has 28 heavy (non-hydrogen) atoms. The Balaban J connectivity index is 1.26. The van der Waals surface area contributed by atoms with Crippen molar-refractivity contribution in [3.05, 3.63) is 65.7 Å². The monoisotopic (exact) mass is 407 g/mol. The largest absolute Gasteiger partial charge is 0.274 e. The molecule has 3 fully saturated rings. The van der Waals surface area contributed by atoms with E-state index in [1.807, 2.05) is 48.5 Å². The highest BCUT2D eigenvalue weighted by Gasteiger charge is 2.67. The molecule has 2 bridgehead atoms. The Morgan fingerprint density at radius 3 is 1.82 bits per heavy atom. The van der Waals surface area contributed by atoms with Crippen molar-refractivity contribution in [1.82, 2.24) is 0 Å². The normalized spacial score (nSPS) is 34.5. The van der Waals surface area contributed by atoms with Crippen molar-refractivity contribution >= 4 is 40.9 Å². The summed E-state index contributed by atoms with van der Waals surface area (Å²) in [6.45, 7) is 0. The summed E-state index contributed by atoms with van der Waals surface area (Å²) in [5, 5.41) is 0.716. The number of benzene rings is 2. The highest BCUT2D eigenvalue weighted by Crippen LogP contribution is 2.65. The van der Waals surface area contributed by atoms with Gasteiger partial charge in [-0.1, -0.05) is 35.5 Å². The van der Waals surface area contributed by atoms with Crippen LogP contribution in [0, 0.1) is 35.5 Å². The average molecular weight is 408 g/mol. The van der Waals surface area contributed by atoms with Crippen LogP contribution in [0.4, 0.5) is 5.69 Å². The molecule has 0 radical (unpaired) electrons. The van der Waals surface area contributed by atoms with E-state index in [4.69, 9.17) is 11.6 Å². The van der Waals surface area contributed by atoms with Crippen molar-refractivity contribution in [1.29, 1.82) is 0 Å². The first-order valence-corrected chi connectivity index (χ1v) is 10.9. The number of rotatable bonds is 3. The summed E-state index contributed by atoms with van der Waals surface area (Å²) in [5.74, 6) is 1.50. The predicted molar refractivity (Wildman–Crippen MR) is 109 cm³/mol. The third-order valence-electron chi connectivity index (χ3n) is 6.81. The van der Waals surface area contributed by atoms with Crippen molar-refractivity contribution in [2.24, 2.45) is 35.5 Å². The fourth-order valence-corrected chi connectivity index (χ4v) is 6.46. The number of nitrogens with zero attached hydrogens (tertiary/aromatic N) is 1. The zero-order valence-corrected chi connectivity index (χ0v) is 16.6. The molecule has 0 unspecified atom stereocenters. The van der Waals surface area contributed by atoms with Gasteiger partial charge in [-0.3, -0.25) is 14.5 Å². The number of anilines is 1. The van der Waals surface area contributed by atoms with Gasteiger partial charge in [0.2, 0.25) is 11.8 Å². The molecule has 2 saturated carbocycles. The van der Waals surface area contributed by atoms with Crippen molar-refractivity contribution in [2.45, 2.75) is 16.2 Å². The predicted octanol–water partition coefficient (Wildman–Crippen LogP) is 5.05. The molecule has 0 spiro atoms. The zero-order valence-electron chi connectivity index (χ0n) is 15.0. The summed E-state index contributed by atoms with van der Waals surface area (Å²) in [4.78, 5) is 29.9. The molecule has 2 aromatic rings. The van der Waals surface area contributed by atoms with E-state index in [-0.39, 0.29) is 35.5 Å². The number of halogens is 1. The molecule has 1 saturated heterocycles. The van der Waals surface area contributed by atoms with Crippen LogP contribution in [-0.2, 0) is 9.59 Å². The Kier molecular flexibility index (Phi) is 3.60. The quantitative estimate of drug-likeness (QED) is 0.527. The molecule has 0 aromatic heterocycles. The van der Waals surface area contributed by atoms with Crippen molar-refractivity contribution in [2.75, 3.05) is 4.90 Å². The fraction of sp³-hybridized carbons (Fsp3) is 0.304. The molecule has 0 N–H and O–H groups in total. The first-order chi connectivity index (χ1) is 13.6. The topological polar surface area (TPSA) is 37.4 Å². The molecular formula is C23H18ClNO2S. The van der Waals surface area contributed by atoms with Crippen LogP contribution in [0.1, 0.15) is 6.42 Å². The van der Waals surface area contributed by atoms with Crippen molar-refractivity contribution in [3.63, 3.8) is 0 Å². The highest BCUT2D eigenvalue weighted by molar-refractivity contribution is 7.99. The Morgan fingerprint density at radius 1 is 0.786 bits per heavy atom. The number of carbonyl (C=O) groups is 2. The third-order valence-corrected chi connectivity index (χ3v) is 8.07. The van der Waals surface area contributed by atoms with E-state index in [0.717, 1.165) is 9.79 Å². The van der Waals surface area contributed by atoms with Crippen molar-refractivity contribution < 1.29 is 9.59 Å². The van der Waals surface area contributed by atoms with E-state index in [1.165, 1.54) is 11.3 Å². The highest BCUT2D eigenvalue weighted by atomic mass is 35.5. The molecule has 1 heterocycles. The van der Waals surface area contributed by atoms with Crippen LogP contribution in [0.5, 0.6) is 0 Å². The minimum atomic E-state index is -0.144. The average Bonchev–Trinajstić information content (AvgIpc) is 3.49. The minimum absolute atomic E-state index is 0.00203. The van der Waals surface area contributed by atoms with Gasteiger partial charge in [-0.15, -0.1) is 0 Å². The van der Waals surface area contributed by atoms with Crippen LogP contribution in [0.3, 0.4) is 0 Å². The fourth-order valence-electron chi connectivity index (χ4n) is 5.51. The van der Waals surface area contributed by atoms with Crippen LogP contribution >= 0.6 is 23.4 Å². The lowest BCUT2D eigenvalue weighted by molar-refractivity contribution is -0.124. The summed E-state index contributed by atoms with van der Waals surface area (Å²) in [6, 6.07) is 15.4. The van der Waals surface area contributed by atoms with Crippen LogP contribution in [0.15, 0.2) is 70.5 Å². The Labute approximate surface area is 172 Å². The summed E-state index contributed by atoms with van der Waals surface area (Å²) in [6.07, 6.45) is 5.60. The number of amides is 2. The second-order valence-corrected chi connectivity index (χ2v) is 9.80. The van der Waals surface area contributed by atoms with E-state index in [9.17, 15) is 9.59 Å². The van der Waals surface area contributed by atoms with Gasteiger partial charge in [0.25, 0.3) is 0 Å². The first kappa shape index (κ1) is 16.9. The van der Waals surface area contributed by atoms with Gasteiger partial charge in [-0.25, -0.2) is 0 Å². The second-order valence-electron chi connectivity index (χ2n) is 8.22. The number of hydrogen-bond donors (Lipinski definition) is 0. The summed E-state index contributed by atoms with van der Waals surface area (Å²) in [7, 11) is 0. The molecule has 1 aliphatic heterocycles. The van der Waals surface area contributed by atoms with Gasteiger partial charge in [-0.05, 0) is 78.6 Å². The van der Waals surface area contributed by atoms with Gasteiger partial charge in [0.15, 0.2) is 0 Å². The van der Waals surface area contributed by atoms with E-state index >= 15 is 0 Å². The SMILES string of the molecule is O=C1[C@H]2[C@@H]3C=C[C@H]([C@@H]4C[C@H]34)[C@@H]2C(=O)N1c1ccc(Sc2ccc(Cl)cc2)cc1. The van der Waals surface area contributed by atoms with Gasteiger partial charge in [0.05, 0.1) is 17.5 Å². The smallest absolute Gasteiger partial charge is 0.238 e. The van der Waals surface area contributed by atoms with Gasteiger partial charge in [0.1, 0.15) is 0 Å². The lowest BCUT2D eigenvalue weighted by Crippen LogP contribution is -2.40. The van der Waals surface area contributed by atoms with E-state index < -0.39 is 0 Å². The Bertz CT molecular complexity index is 980. The zero-order chi connectivity index (χ0) is 19.0. The summed E-state index contributed by atoms with van der Waals surface area (Å²) < 4.78 is 0. The molecule has 3 nitrogen and oxygen atoms in total. The Morgan fingerprint density at radius 2 is 1.29 bits per heavy atom. The Hall–Kier alpha value is -2.04. The molecule has 7 rings (SSSR count). The third kappa shape index (κ3) is 2.37. The van der Waals surface area contributed by atoms with Gasteiger partial charge >= 0.3 is 0 Å². The van der Waals surface area contributed by atoms with E-state index in [2.05, 4.69) is 12.2 Å². The van der Waals surface area contributed by atoms with Crippen LogP contribution in [0.2, 0.25) is 5.02 Å². The number of hydrogen-bond acceptors (Lipinski definition) is 3. The molecule has 5 heteroatoms. The maximum Gasteiger partial charge on any atom is 0.238 e.